The molecule has 0 heterocycles. The summed E-state index contributed by atoms with van der Waals surface area (Å²) in [4.78, 5) is 11.7. The molecule has 0 aliphatic heterocycles. The van der Waals surface area contributed by atoms with Gasteiger partial charge in [-0.25, -0.2) is 4.39 Å². The lowest BCUT2D eigenvalue weighted by Gasteiger charge is -2.15. The fourth-order valence-corrected chi connectivity index (χ4v) is 1.80. The molecular weight excluding hydrogens is 275 g/mol. The third kappa shape index (κ3) is 3.12. The maximum atomic E-state index is 13.1. The molecule has 16 heavy (non-hydrogen) atoms. The van der Waals surface area contributed by atoms with Gasteiger partial charge in [0.1, 0.15) is 11.9 Å². The van der Waals surface area contributed by atoms with Gasteiger partial charge >= 0.3 is 0 Å². The highest BCUT2D eigenvalue weighted by Gasteiger charge is 2.19. The molecule has 1 aromatic rings. The highest BCUT2D eigenvalue weighted by atomic mass is 79.9. The average Bonchev–Trinajstić information content (AvgIpc) is 2.29. The Balaban J connectivity index is 3.01. The third-order valence-corrected chi connectivity index (χ3v) is 2.83. The van der Waals surface area contributed by atoms with Crippen LogP contribution in [0.15, 0.2) is 22.7 Å². The maximum Gasteiger partial charge on any atom is 0.165 e. The summed E-state index contributed by atoms with van der Waals surface area (Å²) in [6.07, 6.45) is -0.188. The number of rotatable bonds is 5. The van der Waals surface area contributed by atoms with Gasteiger partial charge in [0, 0.05) is 13.0 Å². The van der Waals surface area contributed by atoms with E-state index in [0.717, 1.165) is 0 Å². The van der Waals surface area contributed by atoms with Gasteiger partial charge in [-0.05, 0) is 40.5 Å². The Morgan fingerprint density at radius 3 is 2.69 bits per heavy atom. The lowest BCUT2D eigenvalue weighted by Crippen LogP contribution is -2.15. The van der Waals surface area contributed by atoms with Crippen LogP contribution in [0, 0.1) is 5.82 Å². The van der Waals surface area contributed by atoms with Crippen molar-refractivity contribution in [3.63, 3.8) is 0 Å². The first-order valence-corrected chi connectivity index (χ1v) is 5.98. The van der Waals surface area contributed by atoms with E-state index >= 15 is 0 Å². The van der Waals surface area contributed by atoms with E-state index in [-0.39, 0.29) is 11.6 Å². The number of hydrogen-bond donors (Lipinski definition) is 0. The van der Waals surface area contributed by atoms with Crippen molar-refractivity contribution in [1.29, 1.82) is 0 Å². The van der Waals surface area contributed by atoms with Gasteiger partial charge in [0.15, 0.2) is 5.78 Å². The van der Waals surface area contributed by atoms with Crippen LogP contribution >= 0.6 is 15.9 Å². The van der Waals surface area contributed by atoms with Crippen molar-refractivity contribution >= 4 is 21.7 Å². The lowest BCUT2D eigenvalue weighted by atomic mass is 10.0. The van der Waals surface area contributed by atoms with Crippen molar-refractivity contribution in [2.24, 2.45) is 0 Å². The van der Waals surface area contributed by atoms with Gasteiger partial charge in [-0.2, -0.15) is 0 Å². The van der Waals surface area contributed by atoms with Crippen LogP contribution in [0.3, 0.4) is 0 Å². The average molecular weight is 289 g/mol. The van der Waals surface area contributed by atoms with Crippen molar-refractivity contribution < 1.29 is 13.9 Å². The molecule has 0 saturated carbocycles. The molecule has 0 radical (unpaired) electrons. The molecule has 0 bridgehead atoms. The number of hydrogen-bond acceptors (Lipinski definition) is 2. The van der Waals surface area contributed by atoms with Gasteiger partial charge in [0.25, 0.3) is 0 Å². The van der Waals surface area contributed by atoms with E-state index < -0.39 is 6.10 Å². The van der Waals surface area contributed by atoms with Crippen LogP contribution in [-0.4, -0.2) is 12.4 Å². The molecule has 2 nitrogen and oxygen atoms in total. The summed E-state index contributed by atoms with van der Waals surface area (Å²) < 4.78 is 18.8. The Kier molecular flexibility index (Phi) is 5.09. The first kappa shape index (κ1) is 13.3. The molecule has 0 aliphatic rings. The summed E-state index contributed by atoms with van der Waals surface area (Å²) in [5, 5.41) is 0. The normalized spacial score (nSPS) is 12.5. The summed E-state index contributed by atoms with van der Waals surface area (Å²) in [6.45, 7) is 4.06. The first-order chi connectivity index (χ1) is 7.60. The quantitative estimate of drug-likeness (QED) is 0.827. The predicted molar refractivity (Wildman–Crippen MR) is 63.8 cm³/mol. The topological polar surface area (TPSA) is 26.3 Å². The van der Waals surface area contributed by atoms with Crippen molar-refractivity contribution in [3.8, 4) is 0 Å². The third-order valence-electron chi connectivity index (χ3n) is 2.22. The van der Waals surface area contributed by atoms with Gasteiger partial charge in [0.05, 0.1) is 4.47 Å². The van der Waals surface area contributed by atoms with Crippen molar-refractivity contribution in [3.05, 3.63) is 34.1 Å². The van der Waals surface area contributed by atoms with Crippen LogP contribution in [-0.2, 0) is 9.53 Å². The summed E-state index contributed by atoms with van der Waals surface area (Å²) in [5.41, 5.74) is 0.682. The number of carbonyl (C=O) groups excluding carboxylic acids is 1. The zero-order valence-corrected chi connectivity index (χ0v) is 10.9. The van der Waals surface area contributed by atoms with Crippen molar-refractivity contribution in [2.75, 3.05) is 6.61 Å². The second kappa shape index (κ2) is 6.11. The summed E-state index contributed by atoms with van der Waals surface area (Å²) in [5.74, 6) is -0.344. The lowest BCUT2D eigenvalue weighted by molar-refractivity contribution is -0.130. The van der Waals surface area contributed by atoms with E-state index in [4.69, 9.17) is 4.74 Å². The largest absolute Gasteiger partial charge is 0.366 e. The smallest absolute Gasteiger partial charge is 0.165 e. The van der Waals surface area contributed by atoms with Gasteiger partial charge in [0.2, 0.25) is 0 Å². The molecule has 0 amide bonds. The van der Waals surface area contributed by atoms with E-state index in [1.54, 1.807) is 19.1 Å². The molecule has 0 aromatic heterocycles. The van der Waals surface area contributed by atoms with E-state index in [1.165, 1.54) is 6.07 Å². The minimum absolute atomic E-state index is 0.000332. The van der Waals surface area contributed by atoms with Crippen LogP contribution in [0.1, 0.15) is 31.9 Å². The van der Waals surface area contributed by atoms with Crippen LogP contribution in [0.4, 0.5) is 4.39 Å². The minimum Gasteiger partial charge on any atom is -0.366 e. The second-order valence-corrected chi connectivity index (χ2v) is 4.18. The molecule has 4 heteroatoms. The summed E-state index contributed by atoms with van der Waals surface area (Å²) >= 11 is 3.09. The molecular formula is C12H14BrFO2. The van der Waals surface area contributed by atoms with Crippen LogP contribution < -0.4 is 0 Å². The molecule has 1 rings (SSSR count). The number of Topliss-reactive ketones (excluding diaryl/α,β-unsaturated/α-hetero) is 1. The molecule has 0 fully saturated rings. The number of halogens is 2. The van der Waals surface area contributed by atoms with E-state index in [0.29, 0.717) is 23.1 Å². The Morgan fingerprint density at radius 1 is 1.50 bits per heavy atom. The molecule has 0 N–H and O–H groups in total. The molecule has 0 spiro atoms. The monoisotopic (exact) mass is 288 g/mol. The highest BCUT2D eigenvalue weighted by Crippen LogP contribution is 2.25. The van der Waals surface area contributed by atoms with Crippen molar-refractivity contribution in [1.82, 2.24) is 0 Å². The highest BCUT2D eigenvalue weighted by molar-refractivity contribution is 9.10. The van der Waals surface area contributed by atoms with Crippen LogP contribution in [0.5, 0.6) is 0 Å². The second-order valence-electron chi connectivity index (χ2n) is 3.33. The Hall–Kier alpha value is -0.740. The fourth-order valence-electron chi connectivity index (χ4n) is 1.40. The Labute approximate surface area is 103 Å². The number of ether oxygens (including phenoxy) is 1. The van der Waals surface area contributed by atoms with Gasteiger partial charge in [-0.1, -0.05) is 13.0 Å². The number of benzene rings is 1. The predicted octanol–water partition coefficient (Wildman–Crippen LogP) is 3.64. The van der Waals surface area contributed by atoms with Crippen LogP contribution in [0.25, 0.3) is 0 Å². The molecule has 1 aromatic carbocycles. The summed E-state index contributed by atoms with van der Waals surface area (Å²) in [6, 6.07) is 4.49. The number of carbonyl (C=O) groups is 1. The Bertz CT molecular complexity index is 379. The van der Waals surface area contributed by atoms with Gasteiger partial charge < -0.3 is 4.74 Å². The molecule has 1 unspecified atom stereocenters. The van der Waals surface area contributed by atoms with E-state index in [9.17, 15) is 9.18 Å². The van der Waals surface area contributed by atoms with Crippen molar-refractivity contribution in [2.45, 2.75) is 26.4 Å². The van der Waals surface area contributed by atoms with Gasteiger partial charge in [-0.3, -0.25) is 4.79 Å². The molecule has 0 saturated heterocycles. The molecule has 1 atom stereocenters. The molecule has 88 valence electrons. The van der Waals surface area contributed by atoms with Crippen LogP contribution in [0.2, 0.25) is 0 Å². The maximum absolute atomic E-state index is 13.1. The number of ketones is 1. The first-order valence-electron chi connectivity index (χ1n) is 5.19. The fraction of sp³-hybridized carbons (Fsp3) is 0.417. The van der Waals surface area contributed by atoms with E-state index in [2.05, 4.69) is 15.9 Å². The SMILES string of the molecule is CCOC(C(=O)CC)c1ccc(F)c(Br)c1. The van der Waals surface area contributed by atoms with E-state index in [1.807, 2.05) is 6.92 Å². The minimum atomic E-state index is -0.591. The zero-order valence-electron chi connectivity index (χ0n) is 9.30. The Morgan fingerprint density at radius 2 is 2.19 bits per heavy atom. The summed E-state index contributed by atoms with van der Waals surface area (Å²) in [7, 11) is 0. The van der Waals surface area contributed by atoms with Gasteiger partial charge in [-0.15, -0.1) is 0 Å². The molecule has 0 aliphatic carbocycles. The standard InChI is InChI=1S/C12H14BrFO2/c1-3-11(15)12(16-4-2)8-5-6-10(14)9(13)7-8/h5-7,12H,3-4H2,1-2H3. The zero-order chi connectivity index (χ0) is 12.1.